The molecular weight excluding hydrogens is 378 g/mol. The number of carbonyl (C=O) groups excluding carboxylic acids is 1. The molecule has 30 heavy (non-hydrogen) atoms. The van der Waals surface area contributed by atoms with Gasteiger partial charge in [-0.25, -0.2) is 9.50 Å². The van der Waals surface area contributed by atoms with Crippen LogP contribution < -0.4 is 9.64 Å². The molecule has 0 saturated heterocycles. The number of aryl methyl sites for hydroxylation is 3. The maximum absolute atomic E-state index is 13.4. The van der Waals surface area contributed by atoms with Gasteiger partial charge in [-0.2, -0.15) is 4.98 Å². The maximum atomic E-state index is 13.4. The van der Waals surface area contributed by atoms with Crippen LogP contribution in [0.4, 0.5) is 5.69 Å². The molecule has 0 atom stereocenters. The van der Waals surface area contributed by atoms with Gasteiger partial charge >= 0.3 is 0 Å². The molecule has 4 aromatic rings. The Morgan fingerprint density at radius 1 is 1.03 bits per heavy atom. The number of methoxy groups -OCH3 is 1. The average Bonchev–Trinajstić information content (AvgIpc) is 3.14. The van der Waals surface area contributed by atoms with E-state index < -0.39 is 0 Å². The highest BCUT2D eigenvalue weighted by Crippen LogP contribution is 2.22. The molecule has 0 aliphatic rings. The van der Waals surface area contributed by atoms with Crippen molar-refractivity contribution in [2.75, 3.05) is 12.0 Å². The van der Waals surface area contributed by atoms with E-state index in [0.29, 0.717) is 22.9 Å². The van der Waals surface area contributed by atoms with E-state index in [2.05, 4.69) is 15.1 Å². The fourth-order valence-corrected chi connectivity index (χ4v) is 3.38. The quantitative estimate of drug-likeness (QED) is 0.507. The second kappa shape index (κ2) is 7.94. The zero-order valence-corrected chi connectivity index (χ0v) is 17.5. The highest BCUT2D eigenvalue weighted by atomic mass is 16.5. The number of hydrogen-bond acceptors (Lipinski definition) is 5. The summed E-state index contributed by atoms with van der Waals surface area (Å²) in [6.45, 7) is 6.11. The van der Waals surface area contributed by atoms with E-state index in [1.807, 2.05) is 51.1 Å². The highest BCUT2D eigenvalue weighted by molar-refractivity contribution is 6.06. The number of aromatic nitrogens is 4. The summed E-state index contributed by atoms with van der Waals surface area (Å²) in [4.78, 5) is 24.1. The zero-order valence-electron chi connectivity index (χ0n) is 17.5. The first-order chi connectivity index (χ1) is 14.4. The van der Waals surface area contributed by atoms with E-state index in [1.165, 1.54) is 0 Å². The van der Waals surface area contributed by atoms with Crippen molar-refractivity contribution in [3.63, 3.8) is 0 Å². The normalized spacial score (nSPS) is 10.9. The minimum atomic E-state index is -0.136. The van der Waals surface area contributed by atoms with Gasteiger partial charge < -0.3 is 9.64 Å². The van der Waals surface area contributed by atoms with E-state index in [4.69, 9.17) is 4.74 Å². The predicted molar refractivity (Wildman–Crippen MR) is 115 cm³/mol. The third-order valence-corrected chi connectivity index (χ3v) is 4.86. The Morgan fingerprint density at radius 3 is 2.50 bits per heavy atom. The molecular formula is C23H23N5O2. The molecule has 0 saturated carbocycles. The fraction of sp³-hybridized carbons (Fsp3) is 0.217. The molecule has 2 aromatic carbocycles. The van der Waals surface area contributed by atoms with Crippen LogP contribution >= 0.6 is 0 Å². The van der Waals surface area contributed by atoms with Crippen LogP contribution in [0.15, 0.2) is 54.6 Å². The number of hydrogen-bond donors (Lipinski definition) is 0. The van der Waals surface area contributed by atoms with E-state index >= 15 is 0 Å². The molecule has 2 heterocycles. The summed E-state index contributed by atoms with van der Waals surface area (Å²) >= 11 is 0. The highest BCUT2D eigenvalue weighted by Gasteiger charge is 2.21. The molecule has 0 aliphatic heterocycles. The number of ether oxygens (including phenoxy) is 1. The van der Waals surface area contributed by atoms with Crippen molar-refractivity contribution in [3.05, 3.63) is 82.9 Å². The van der Waals surface area contributed by atoms with Gasteiger partial charge in [0.25, 0.3) is 11.7 Å². The van der Waals surface area contributed by atoms with Crippen molar-refractivity contribution in [3.8, 4) is 5.75 Å². The van der Waals surface area contributed by atoms with E-state index in [0.717, 1.165) is 22.6 Å². The van der Waals surface area contributed by atoms with Crippen LogP contribution in [0, 0.1) is 20.8 Å². The predicted octanol–water partition coefficient (Wildman–Crippen LogP) is 3.91. The molecule has 4 rings (SSSR count). The third kappa shape index (κ3) is 3.87. The molecule has 7 heteroatoms. The van der Waals surface area contributed by atoms with Crippen molar-refractivity contribution in [2.24, 2.45) is 0 Å². The molecule has 0 fully saturated rings. The number of rotatable bonds is 5. The Labute approximate surface area is 175 Å². The number of benzene rings is 2. The first-order valence-corrected chi connectivity index (χ1v) is 9.67. The molecule has 0 spiro atoms. The van der Waals surface area contributed by atoms with Crippen LogP contribution in [0.1, 0.15) is 33.1 Å². The third-order valence-electron chi connectivity index (χ3n) is 4.86. The Kier molecular flexibility index (Phi) is 5.18. The van der Waals surface area contributed by atoms with Gasteiger partial charge in [0.15, 0.2) is 5.82 Å². The smallest absolute Gasteiger partial charge is 0.258 e. The lowest BCUT2D eigenvalue weighted by Crippen LogP contribution is -2.31. The SMILES string of the molecule is COc1ccc(C(=O)N(Cc2nc3nc(C)cc(C)n3n2)c2cccc(C)c2)cc1. The summed E-state index contributed by atoms with van der Waals surface area (Å²) in [5.41, 5.74) is 4.24. The van der Waals surface area contributed by atoms with Crippen molar-refractivity contribution in [2.45, 2.75) is 27.3 Å². The van der Waals surface area contributed by atoms with Crippen LogP contribution in [-0.4, -0.2) is 32.6 Å². The summed E-state index contributed by atoms with van der Waals surface area (Å²) in [5.74, 6) is 1.62. The molecule has 152 valence electrons. The molecule has 2 aromatic heterocycles. The van der Waals surface area contributed by atoms with Gasteiger partial charge in [-0.1, -0.05) is 12.1 Å². The van der Waals surface area contributed by atoms with Crippen LogP contribution in [0.5, 0.6) is 5.75 Å². The minimum absolute atomic E-state index is 0.136. The summed E-state index contributed by atoms with van der Waals surface area (Å²) in [7, 11) is 1.60. The summed E-state index contributed by atoms with van der Waals surface area (Å²) in [6, 6.07) is 16.9. The lowest BCUT2D eigenvalue weighted by Gasteiger charge is -2.22. The number of fused-ring (bicyclic) bond motifs is 1. The Bertz CT molecular complexity index is 1210. The van der Waals surface area contributed by atoms with E-state index in [9.17, 15) is 4.79 Å². The first kappa shape index (κ1) is 19.6. The maximum Gasteiger partial charge on any atom is 0.258 e. The second-order valence-corrected chi connectivity index (χ2v) is 7.24. The van der Waals surface area contributed by atoms with Crippen LogP contribution in [0.25, 0.3) is 5.78 Å². The van der Waals surface area contributed by atoms with Crippen molar-refractivity contribution >= 4 is 17.4 Å². The monoisotopic (exact) mass is 401 g/mol. The fourth-order valence-electron chi connectivity index (χ4n) is 3.38. The Morgan fingerprint density at radius 2 is 1.80 bits per heavy atom. The van der Waals surface area contributed by atoms with Gasteiger partial charge in [0.1, 0.15) is 5.75 Å². The summed E-state index contributed by atoms with van der Waals surface area (Å²) in [5, 5.41) is 4.57. The van der Waals surface area contributed by atoms with Gasteiger partial charge in [-0.05, 0) is 68.8 Å². The van der Waals surface area contributed by atoms with Gasteiger partial charge in [0.05, 0.1) is 13.7 Å². The van der Waals surface area contributed by atoms with Crippen molar-refractivity contribution in [1.82, 2.24) is 19.6 Å². The topological polar surface area (TPSA) is 72.6 Å². The first-order valence-electron chi connectivity index (χ1n) is 9.67. The molecule has 0 unspecified atom stereocenters. The molecule has 0 aliphatic carbocycles. The van der Waals surface area contributed by atoms with Gasteiger partial charge in [-0.15, -0.1) is 5.10 Å². The van der Waals surface area contributed by atoms with Crippen LogP contribution in [-0.2, 0) is 6.54 Å². The number of nitrogens with zero attached hydrogens (tertiary/aromatic N) is 5. The van der Waals surface area contributed by atoms with E-state index in [1.54, 1.807) is 40.8 Å². The van der Waals surface area contributed by atoms with Gasteiger partial charge in [0.2, 0.25) is 0 Å². The Balaban J connectivity index is 1.73. The standard InChI is InChI=1S/C23H23N5O2/c1-15-6-5-7-19(12-15)27(22(29)18-8-10-20(30-4)11-9-18)14-21-25-23-24-16(2)13-17(3)28(23)26-21/h5-13H,14H2,1-4H3. The lowest BCUT2D eigenvalue weighted by atomic mass is 10.1. The Hall–Kier alpha value is -3.74. The average molecular weight is 401 g/mol. The number of amides is 1. The van der Waals surface area contributed by atoms with Gasteiger partial charge in [0, 0.05) is 22.6 Å². The molecule has 0 radical (unpaired) electrons. The van der Waals surface area contributed by atoms with Crippen molar-refractivity contribution in [1.29, 1.82) is 0 Å². The van der Waals surface area contributed by atoms with Crippen LogP contribution in [0.3, 0.4) is 0 Å². The van der Waals surface area contributed by atoms with Crippen LogP contribution in [0.2, 0.25) is 0 Å². The second-order valence-electron chi connectivity index (χ2n) is 7.24. The molecule has 1 amide bonds. The lowest BCUT2D eigenvalue weighted by molar-refractivity contribution is 0.0984. The molecule has 7 nitrogen and oxygen atoms in total. The largest absolute Gasteiger partial charge is 0.497 e. The summed E-state index contributed by atoms with van der Waals surface area (Å²) in [6.07, 6.45) is 0. The molecule has 0 bridgehead atoms. The summed E-state index contributed by atoms with van der Waals surface area (Å²) < 4.78 is 6.91. The number of carbonyl (C=O) groups is 1. The van der Waals surface area contributed by atoms with Gasteiger partial charge in [-0.3, -0.25) is 4.79 Å². The van der Waals surface area contributed by atoms with E-state index in [-0.39, 0.29) is 12.5 Å². The number of anilines is 1. The zero-order chi connectivity index (χ0) is 21.3. The minimum Gasteiger partial charge on any atom is -0.497 e. The molecule has 0 N–H and O–H groups in total. The van der Waals surface area contributed by atoms with Crippen molar-refractivity contribution < 1.29 is 9.53 Å².